The van der Waals surface area contributed by atoms with E-state index in [4.69, 9.17) is 0 Å². The van der Waals surface area contributed by atoms with Gasteiger partial charge in [0.1, 0.15) is 18.1 Å². The lowest BCUT2D eigenvalue weighted by Crippen LogP contribution is -2.31. The minimum absolute atomic E-state index is 0.144. The summed E-state index contributed by atoms with van der Waals surface area (Å²) in [5, 5.41) is 16.9. The van der Waals surface area contributed by atoms with Crippen LogP contribution < -0.4 is 15.0 Å². The fourth-order valence-corrected chi connectivity index (χ4v) is 5.43. The Labute approximate surface area is 266 Å². The fraction of sp³-hybridized carbons (Fsp3) is 0.188. The van der Waals surface area contributed by atoms with Gasteiger partial charge >= 0.3 is 12.4 Å². The molecule has 1 fully saturated rings. The third-order valence-electron chi connectivity index (χ3n) is 6.75. The predicted octanol–water partition coefficient (Wildman–Crippen LogP) is 6.97. The van der Waals surface area contributed by atoms with Gasteiger partial charge in [0.25, 0.3) is 0 Å². The van der Waals surface area contributed by atoms with Crippen molar-refractivity contribution in [1.29, 1.82) is 5.26 Å². The maximum atomic E-state index is 12.8. The first-order valence-corrected chi connectivity index (χ1v) is 14.8. The van der Waals surface area contributed by atoms with Crippen LogP contribution in [0.15, 0.2) is 84.2 Å². The van der Waals surface area contributed by atoms with Crippen LogP contribution in [0.3, 0.4) is 0 Å². The Morgan fingerprint density at radius 1 is 1.13 bits per heavy atom. The van der Waals surface area contributed by atoms with E-state index >= 15 is 0 Å². The number of aliphatic imine (C=N–C) groups is 1. The van der Waals surface area contributed by atoms with Crippen molar-refractivity contribution in [2.45, 2.75) is 33.1 Å². The molecule has 3 aromatic carbocycles. The van der Waals surface area contributed by atoms with Gasteiger partial charge in [-0.1, -0.05) is 62.0 Å². The normalized spacial score (nSPS) is 14.6. The summed E-state index contributed by atoms with van der Waals surface area (Å²) in [6.07, 6.45) is -2.12. The molecule has 1 aliphatic rings. The molecule has 0 atom stereocenters. The number of hydrogen-bond donors (Lipinski definition) is 1. The minimum Gasteiger partial charge on any atom is -0.406 e. The van der Waals surface area contributed by atoms with Crippen LogP contribution in [0.1, 0.15) is 36.5 Å². The maximum Gasteiger partial charge on any atom is 0.573 e. The molecular formula is C32H26F3N7O3S. The molecule has 10 nitrogen and oxygen atoms in total. The molecule has 2 heterocycles. The standard InChI is InChI=1S/C32H26F3N7O3S/c1-19(2)26-13-4-20(3)14-27(26)42-28(43)17-46-31(42)39-30(44)37-16-23(15-36)21-5-7-22(8-6-21)29-38-18-41(40-29)24-9-11-25(12-10-24)45-32(33,34)35/h4-14,16,18-19H,17H2,1-3H3,(H,37,44)/b23-16+,39-31?. The van der Waals surface area contributed by atoms with E-state index in [1.807, 2.05) is 39.0 Å². The van der Waals surface area contributed by atoms with Gasteiger partial charge in [0, 0.05) is 11.8 Å². The first-order chi connectivity index (χ1) is 21.9. The van der Waals surface area contributed by atoms with Gasteiger partial charge in [0.15, 0.2) is 11.0 Å². The first-order valence-electron chi connectivity index (χ1n) is 13.9. The van der Waals surface area contributed by atoms with Crippen molar-refractivity contribution in [3.63, 3.8) is 0 Å². The van der Waals surface area contributed by atoms with Crippen LogP contribution in [0.4, 0.5) is 23.7 Å². The third-order valence-corrected chi connectivity index (χ3v) is 7.68. The van der Waals surface area contributed by atoms with Crippen LogP contribution in [-0.2, 0) is 4.79 Å². The number of hydrogen-bond acceptors (Lipinski definition) is 7. The summed E-state index contributed by atoms with van der Waals surface area (Å²) in [5.74, 6) is 0.112. The number of alkyl halides is 3. The number of allylic oxidation sites excluding steroid dienone is 1. The molecule has 0 spiro atoms. The highest BCUT2D eigenvalue weighted by Crippen LogP contribution is 2.34. The van der Waals surface area contributed by atoms with Crippen LogP contribution in [0.25, 0.3) is 22.6 Å². The largest absolute Gasteiger partial charge is 0.573 e. The molecular weight excluding hydrogens is 619 g/mol. The van der Waals surface area contributed by atoms with Crippen molar-refractivity contribution in [3.8, 4) is 28.9 Å². The van der Waals surface area contributed by atoms with Crippen LogP contribution in [-0.4, -0.2) is 44.0 Å². The van der Waals surface area contributed by atoms with Crippen LogP contribution in [0.2, 0.25) is 0 Å². The second kappa shape index (κ2) is 13.3. The number of nitriles is 1. The summed E-state index contributed by atoms with van der Waals surface area (Å²) in [4.78, 5) is 35.4. The SMILES string of the molecule is Cc1ccc(C(C)C)c(N2C(=O)CSC2=NC(=O)N/C=C(\C#N)c2ccc(-c3ncn(-c4ccc(OC(F)(F)F)cc4)n3)cc2)c1. The minimum atomic E-state index is -4.79. The Kier molecular flexibility index (Phi) is 9.24. The number of amides is 3. The summed E-state index contributed by atoms with van der Waals surface area (Å²) in [5.41, 5.74) is 4.38. The zero-order chi connectivity index (χ0) is 33.0. The zero-order valence-electron chi connectivity index (χ0n) is 24.7. The Bertz CT molecular complexity index is 1880. The highest BCUT2D eigenvalue weighted by molar-refractivity contribution is 8.15. The number of nitrogens with zero attached hydrogens (tertiary/aromatic N) is 6. The van der Waals surface area contributed by atoms with Crippen molar-refractivity contribution in [2.75, 3.05) is 10.7 Å². The van der Waals surface area contributed by atoms with Gasteiger partial charge in [0.05, 0.1) is 22.7 Å². The molecule has 1 saturated heterocycles. The van der Waals surface area contributed by atoms with E-state index < -0.39 is 12.4 Å². The smallest absolute Gasteiger partial charge is 0.406 e. The lowest BCUT2D eigenvalue weighted by Gasteiger charge is -2.22. The number of rotatable bonds is 7. The highest BCUT2D eigenvalue weighted by atomic mass is 32.2. The Morgan fingerprint density at radius 3 is 2.50 bits per heavy atom. The number of aryl methyl sites for hydroxylation is 1. The van der Waals surface area contributed by atoms with E-state index in [9.17, 15) is 28.0 Å². The monoisotopic (exact) mass is 645 g/mol. The topological polar surface area (TPSA) is 126 Å². The average Bonchev–Trinajstić information content (AvgIpc) is 3.64. The number of amidine groups is 1. The zero-order valence-corrected chi connectivity index (χ0v) is 25.6. The van der Waals surface area contributed by atoms with Crippen molar-refractivity contribution < 1.29 is 27.5 Å². The molecule has 1 N–H and O–H groups in total. The van der Waals surface area contributed by atoms with Crippen molar-refractivity contribution in [1.82, 2.24) is 20.1 Å². The van der Waals surface area contributed by atoms with E-state index in [1.165, 1.54) is 58.1 Å². The molecule has 1 aliphatic heterocycles. The lowest BCUT2D eigenvalue weighted by molar-refractivity contribution is -0.274. The number of aromatic nitrogens is 3. The quantitative estimate of drug-likeness (QED) is 0.215. The van der Waals surface area contributed by atoms with E-state index in [2.05, 4.69) is 31.2 Å². The number of ether oxygens (including phenoxy) is 1. The van der Waals surface area contributed by atoms with Crippen molar-refractivity contribution >= 4 is 40.1 Å². The molecule has 0 aliphatic carbocycles. The molecule has 0 unspecified atom stereocenters. The Balaban J connectivity index is 1.28. The molecule has 234 valence electrons. The molecule has 3 amide bonds. The van der Waals surface area contributed by atoms with Gasteiger partial charge in [-0.15, -0.1) is 18.3 Å². The van der Waals surface area contributed by atoms with E-state index in [-0.39, 0.29) is 34.1 Å². The molecule has 0 saturated carbocycles. The molecule has 14 heteroatoms. The first kappa shape index (κ1) is 32.0. The number of carbonyl (C=O) groups excluding carboxylic acids is 2. The number of halogens is 3. The molecule has 1 aromatic heterocycles. The van der Waals surface area contributed by atoms with Crippen molar-refractivity contribution in [3.05, 3.63) is 95.9 Å². The highest BCUT2D eigenvalue weighted by Gasteiger charge is 2.33. The maximum absolute atomic E-state index is 12.8. The van der Waals surface area contributed by atoms with Gasteiger partial charge in [-0.25, -0.2) is 14.5 Å². The fourth-order valence-electron chi connectivity index (χ4n) is 4.57. The van der Waals surface area contributed by atoms with Gasteiger partial charge in [-0.05, 0) is 59.9 Å². The van der Waals surface area contributed by atoms with Gasteiger partial charge in [-0.3, -0.25) is 9.69 Å². The lowest BCUT2D eigenvalue weighted by atomic mass is 9.99. The Morgan fingerprint density at radius 2 is 1.85 bits per heavy atom. The Hall–Kier alpha value is -5.42. The van der Waals surface area contributed by atoms with E-state index in [0.717, 1.165) is 11.1 Å². The number of anilines is 1. The number of urea groups is 1. The van der Waals surface area contributed by atoms with E-state index in [0.29, 0.717) is 28.3 Å². The van der Waals surface area contributed by atoms with Crippen LogP contribution in [0.5, 0.6) is 5.75 Å². The summed E-state index contributed by atoms with van der Waals surface area (Å²) >= 11 is 1.17. The summed E-state index contributed by atoms with van der Waals surface area (Å²) < 4.78 is 42.6. The molecule has 5 rings (SSSR count). The molecule has 46 heavy (non-hydrogen) atoms. The number of nitrogens with one attached hydrogen (secondary N) is 1. The number of carbonyl (C=O) groups is 2. The predicted molar refractivity (Wildman–Crippen MR) is 168 cm³/mol. The third kappa shape index (κ3) is 7.44. The average molecular weight is 646 g/mol. The van der Waals surface area contributed by atoms with Crippen LogP contribution in [0, 0.1) is 18.3 Å². The molecule has 0 radical (unpaired) electrons. The molecule has 4 aromatic rings. The van der Waals surface area contributed by atoms with Gasteiger partial charge in [-0.2, -0.15) is 10.3 Å². The van der Waals surface area contributed by atoms with Crippen molar-refractivity contribution in [2.24, 2.45) is 4.99 Å². The van der Waals surface area contributed by atoms with Gasteiger partial charge in [0.2, 0.25) is 5.91 Å². The van der Waals surface area contributed by atoms with Gasteiger partial charge < -0.3 is 10.1 Å². The number of benzene rings is 3. The summed E-state index contributed by atoms with van der Waals surface area (Å²) in [7, 11) is 0. The van der Waals surface area contributed by atoms with E-state index in [1.54, 1.807) is 24.3 Å². The number of thioether (sulfide) groups is 1. The second-order valence-corrected chi connectivity index (χ2v) is 11.3. The second-order valence-electron chi connectivity index (χ2n) is 10.4. The van der Waals surface area contributed by atoms with Crippen LogP contribution >= 0.6 is 11.8 Å². The summed E-state index contributed by atoms with van der Waals surface area (Å²) in [6, 6.07) is 19.0. The molecule has 0 bridgehead atoms. The summed E-state index contributed by atoms with van der Waals surface area (Å²) in [6.45, 7) is 5.98.